The van der Waals surface area contributed by atoms with E-state index in [1.165, 1.54) is 29.8 Å². The molecule has 1 saturated heterocycles. The number of nitrogens with zero attached hydrogens (tertiary/aromatic N) is 1. The van der Waals surface area contributed by atoms with Crippen molar-refractivity contribution in [3.05, 3.63) is 65.2 Å². The minimum Gasteiger partial charge on any atom is -0.456 e. The van der Waals surface area contributed by atoms with Crippen LogP contribution in [-0.4, -0.2) is 57.5 Å². The van der Waals surface area contributed by atoms with E-state index in [0.717, 1.165) is 32.5 Å². The van der Waals surface area contributed by atoms with Gasteiger partial charge in [-0.1, -0.05) is 41.9 Å². The summed E-state index contributed by atoms with van der Waals surface area (Å²) < 4.78 is 31.6. The average molecular weight is 494 g/mol. The number of halogens is 1. The second-order valence-electron chi connectivity index (χ2n) is 7.87. The lowest BCUT2D eigenvalue weighted by Gasteiger charge is -2.32. The van der Waals surface area contributed by atoms with E-state index in [4.69, 9.17) is 16.3 Å². The number of amides is 1. The molecule has 0 radical (unpaired) electrons. The third-order valence-corrected chi connectivity index (χ3v) is 7.04. The van der Waals surface area contributed by atoms with Crippen LogP contribution >= 0.6 is 11.6 Å². The summed E-state index contributed by atoms with van der Waals surface area (Å²) in [4.78, 5) is 26.4. The molecule has 2 aromatic carbocycles. The fourth-order valence-corrected chi connectivity index (χ4v) is 4.71. The first kappa shape index (κ1) is 25.2. The Morgan fingerprint density at radius 1 is 1.03 bits per heavy atom. The summed E-state index contributed by atoms with van der Waals surface area (Å²) in [6.07, 6.45) is 1.48. The van der Waals surface area contributed by atoms with Crippen molar-refractivity contribution >= 4 is 33.5 Å². The van der Waals surface area contributed by atoms with E-state index in [2.05, 4.69) is 27.1 Å². The number of rotatable bonds is 10. The number of sulfonamides is 1. The Balaban J connectivity index is 1.30. The smallest absolute Gasteiger partial charge is 0.307 e. The molecule has 0 saturated carbocycles. The molecular formula is C23H28ClN3O5S. The average Bonchev–Trinajstić information content (AvgIpc) is 2.80. The van der Waals surface area contributed by atoms with Crippen molar-refractivity contribution in [2.45, 2.75) is 36.7 Å². The van der Waals surface area contributed by atoms with Gasteiger partial charge in [0, 0.05) is 37.2 Å². The van der Waals surface area contributed by atoms with Crippen LogP contribution in [0.2, 0.25) is 5.02 Å². The predicted octanol–water partition coefficient (Wildman–Crippen LogP) is 2.33. The quantitative estimate of drug-likeness (QED) is 0.492. The second kappa shape index (κ2) is 12.1. The summed E-state index contributed by atoms with van der Waals surface area (Å²) in [6.45, 7) is 2.14. The lowest BCUT2D eigenvalue weighted by atomic mass is 10.0. The largest absolute Gasteiger partial charge is 0.456 e. The van der Waals surface area contributed by atoms with Gasteiger partial charge >= 0.3 is 5.97 Å². The number of piperidine rings is 1. The Hall–Kier alpha value is -2.46. The third-order valence-electron chi connectivity index (χ3n) is 5.31. The normalized spacial score (nSPS) is 15.2. The number of benzene rings is 2. The molecule has 2 aromatic rings. The monoisotopic (exact) mass is 493 g/mol. The van der Waals surface area contributed by atoms with Crippen LogP contribution in [0.15, 0.2) is 59.5 Å². The van der Waals surface area contributed by atoms with E-state index in [-0.39, 0.29) is 36.4 Å². The third kappa shape index (κ3) is 8.43. The van der Waals surface area contributed by atoms with Gasteiger partial charge in [0.25, 0.3) is 5.91 Å². The maximum absolute atomic E-state index is 12.2. The Morgan fingerprint density at radius 3 is 2.36 bits per heavy atom. The minimum atomic E-state index is -3.75. The first-order chi connectivity index (χ1) is 15.8. The number of hydrogen-bond donors (Lipinski definition) is 2. The van der Waals surface area contributed by atoms with E-state index in [1.54, 1.807) is 0 Å². The first-order valence-electron chi connectivity index (χ1n) is 10.8. The topological polar surface area (TPSA) is 105 Å². The molecule has 3 rings (SSSR count). The van der Waals surface area contributed by atoms with Gasteiger partial charge in [0.1, 0.15) is 0 Å². The summed E-state index contributed by atoms with van der Waals surface area (Å²) in [7, 11) is -3.75. The highest BCUT2D eigenvalue weighted by molar-refractivity contribution is 7.89. The van der Waals surface area contributed by atoms with Crippen molar-refractivity contribution in [2.24, 2.45) is 0 Å². The molecule has 0 aliphatic carbocycles. The lowest BCUT2D eigenvalue weighted by molar-refractivity contribution is -0.148. The predicted molar refractivity (Wildman–Crippen MR) is 125 cm³/mol. The number of likely N-dealkylation sites (tertiary alicyclic amines) is 1. The van der Waals surface area contributed by atoms with Gasteiger partial charge in [0.2, 0.25) is 10.0 Å². The van der Waals surface area contributed by atoms with E-state index >= 15 is 0 Å². The van der Waals surface area contributed by atoms with Crippen molar-refractivity contribution < 1.29 is 22.7 Å². The fourth-order valence-electron chi connectivity index (χ4n) is 3.55. The van der Waals surface area contributed by atoms with Crippen LogP contribution in [-0.2, 0) is 30.9 Å². The molecular weight excluding hydrogens is 466 g/mol. The number of carbonyl (C=O) groups excluding carboxylic acids is 2. The fraction of sp³-hybridized carbons (Fsp3) is 0.391. The summed E-state index contributed by atoms with van der Waals surface area (Å²) in [5.41, 5.74) is 1.27. The van der Waals surface area contributed by atoms with Crippen molar-refractivity contribution in [3.8, 4) is 0 Å². The molecule has 0 atom stereocenters. The Bertz CT molecular complexity index is 1020. The first-order valence-corrected chi connectivity index (χ1v) is 12.6. The van der Waals surface area contributed by atoms with Gasteiger partial charge in [-0.05, 0) is 42.7 Å². The van der Waals surface area contributed by atoms with Crippen molar-refractivity contribution in [1.82, 2.24) is 14.9 Å². The molecule has 1 aliphatic heterocycles. The van der Waals surface area contributed by atoms with Crippen LogP contribution in [0.25, 0.3) is 0 Å². The van der Waals surface area contributed by atoms with E-state index < -0.39 is 16.0 Å². The minimum absolute atomic E-state index is 0.0504. The number of ether oxygens (including phenoxy) is 1. The van der Waals surface area contributed by atoms with Crippen LogP contribution in [0.3, 0.4) is 0 Å². The maximum Gasteiger partial charge on any atom is 0.307 e. The van der Waals surface area contributed by atoms with Gasteiger partial charge in [-0.25, -0.2) is 13.1 Å². The summed E-state index contributed by atoms with van der Waals surface area (Å²) in [5.74, 6) is -1.01. The Kier molecular flexibility index (Phi) is 9.25. The second-order valence-corrected chi connectivity index (χ2v) is 10.1. The summed E-state index contributed by atoms with van der Waals surface area (Å²) >= 11 is 5.75. The molecule has 1 amide bonds. The van der Waals surface area contributed by atoms with Crippen molar-refractivity contribution in [1.29, 1.82) is 0 Å². The number of esters is 1. The summed E-state index contributed by atoms with van der Waals surface area (Å²) in [5, 5.41) is 3.32. The van der Waals surface area contributed by atoms with Crippen LogP contribution in [0.1, 0.15) is 24.8 Å². The molecule has 2 N–H and O–H groups in total. The van der Waals surface area contributed by atoms with Gasteiger partial charge in [-0.3, -0.25) is 14.5 Å². The SMILES string of the molecule is O=C(COC(=O)CCNS(=O)(=O)c1ccc(Cl)cc1)NC1CCN(Cc2ccccc2)CC1. The molecule has 10 heteroatoms. The van der Waals surface area contributed by atoms with Crippen LogP contribution in [0.4, 0.5) is 0 Å². The van der Waals surface area contributed by atoms with Gasteiger partial charge in [-0.2, -0.15) is 0 Å². The molecule has 0 spiro atoms. The van der Waals surface area contributed by atoms with E-state index in [0.29, 0.717) is 5.02 Å². The van der Waals surface area contributed by atoms with Crippen LogP contribution in [0, 0.1) is 0 Å². The molecule has 0 unspecified atom stereocenters. The number of nitrogens with one attached hydrogen (secondary N) is 2. The molecule has 178 valence electrons. The zero-order valence-corrected chi connectivity index (χ0v) is 19.8. The van der Waals surface area contributed by atoms with Crippen molar-refractivity contribution in [3.63, 3.8) is 0 Å². The Labute approximate surface area is 199 Å². The van der Waals surface area contributed by atoms with Crippen LogP contribution < -0.4 is 10.0 Å². The van der Waals surface area contributed by atoms with E-state index in [9.17, 15) is 18.0 Å². The maximum atomic E-state index is 12.2. The van der Waals surface area contributed by atoms with Crippen molar-refractivity contribution in [2.75, 3.05) is 26.2 Å². The molecule has 0 aromatic heterocycles. The highest BCUT2D eigenvalue weighted by Gasteiger charge is 2.21. The number of carbonyl (C=O) groups is 2. The van der Waals surface area contributed by atoms with Gasteiger partial charge in [0.15, 0.2) is 6.61 Å². The lowest BCUT2D eigenvalue weighted by Crippen LogP contribution is -2.45. The highest BCUT2D eigenvalue weighted by Crippen LogP contribution is 2.15. The summed E-state index contributed by atoms with van der Waals surface area (Å²) in [6, 6.07) is 16.0. The highest BCUT2D eigenvalue weighted by atomic mass is 35.5. The molecule has 0 bridgehead atoms. The molecule has 1 heterocycles. The zero-order chi connectivity index (χ0) is 23.7. The van der Waals surface area contributed by atoms with Gasteiger partial charge in [0.05, 0.1) is 11.3 Å². The molecule has 1 aliphatic rings. The van der Waals surface area contributed by atoms with Crippen LogP contribution in [0.5, 0.6) is 0 Å². The number of hydrogen-bond acceptors (Lipinski definition) is 6. The standard InChI is InChI=1S/C23H28ClN3O5S/c24-19-6-8-21(9-7-19)33(30,31)25-13-10-23(29)32-17-22(28)26-20-11-14-27(15-12-20)16-18-4-2-1-3-5-18/h1-9,20,25H,10-17H2,(H,26,28). The molecule has 1 fully saturated rings. The molecule has 33 heavy (non-hydrogen) atoms. The molecule has 8 nitrogen and oxygen atoms in total. The Morgan fingerprint density at radius 2 is 1.70 bits per heavy atom. The van der Waals surface area contributed by atoms with Gasteiger partial charge in [-0.15, -0.1) is 0 Å². The van der Waals surface area contributed by atoms with E-state index in [1.807, 2.05) is 18.2 Å². The zero-order valence-electron chi connectivity index (χ0n) is 18.2. The van der Waals surface area contributed by atoms with Gasteiger partial charge < -0.3 is 10.1 Å².